The van der Waals surface area contributed by atoms with Crippen molar-refractivity contribution in [1.29, 1.82) is 0 Å². The number of aliphatic hydroxyl groups is 2. The van der Waals surface area contributed by atoms with Crippen molar-refractivity contribution in [3.8, 4) is 0 Å². The first kappa shape index (κ1) is 10.1. The van der Waals surface area contributed by atoms with E-state index in [1.165, 1.54) is 4.88 Å². The molecule has 0 aromatic carbocycles. The molecule has 0 radical (unpaired) electrons. The van der Waals surface area contributed by atoms with Gasteiger partial charge in [-0.25, -0.2) is 0 Å². The lowest BCUT2D eigenvalue weighted by Crippen LogP contribution is -2.32. The average molecular weight is 212 g/mol. The monoisotopic (exact) mass is 212 g/mol. The molecular formula is C11H16O2S. The second-order valence-electron chi connectivity index (χ2n) is 4.16. The number of thiophene rings is 1. The summed E-state index contributed by atoms with van der Waals surface area (Å²) in [7, 11) is 0. The Labute approximate surface area is 88.2 Å². The molecule has 2 rings (SSSR count). The molecule has 1 aliphatic rings. The van der Waals surface area contributed by atoms with Gasteiger partial charge in [-0.05, 0) is 31.9 Å². The molecule has 1 fully saturated rings. The van der Waals surface area contributed by atoms with Crippen LogP contribution in [-0.2, 0) is 0 Å². The number of hydrogen-bond acceptors (Lipinski definition) is 3. The third kappa shape index (κ3) is 1.72. The maximum Gasteiger partial charge on any atom is 0.117 e. The SMILES string of the molecule is Cc1ccc(C(O)C2(O)CCCC2)s1. The van der Waals surface area contributed by atoms with E-state index in [1.807, 2.05) is 19.1 Å². The third-order valence-corrected chi connectivity index (χ3v) is 4.06. The zero-order valence-electron chi connectivity index (χ0n) is 8.36. The van der Waals surface area contributed by atoms with Crippen LogP contribution in [0.5, 0.6) is 0 Å². The van der Waals surface area contributed by atoms with Crippen molar-refractivity contribution >= 4 is 11.3 Å². The Hall–Kier alpha value is -0.380. The van der Waals surface area contributed by atoms with Crippen LogP contribution in [0.25, 0.3) is 0 Å². The van der Waals surface area contributed by atoms with Gasteiger partial charge in [-0.1, -0.05) is 12.8 Å². The molecular weight excluding hydrogens is 196 g/mol. The normalized spacial score (nSPS) is 22.5. The second-order valence-corrected chi connectivity index (χ2v) is 5.48. The molecule has 1 unspecified atom stereocenters. The molecule has 2 N–H and O–H groups in total. The Bertz CT molecular complexity index is 313. The molecule has 1 aromatic heterocycles. The lowest BCUT2D eigenvalue weighted by molar-refractivity contribution is -0.0702. The molecule has 3 heteroatoms. The minimum absolute atomic E-state index is 0.691. The minimum Gasteiger partial charge on any atom is -0.387 e. The molecule has 2 nitrogen and oxygen atoms in total. The van der Waals surface area contributed by atoms with Crippen molar-refractivity contribution < 1.29 is 10.2 Å². The first-order valence-corrected chi connectivity index (χ1v) is 5.90. The summed E-state index contributed by atoms with van der Waals surface area (Å²) >= 11 is 1.57. The van der Waals surface area contributed by atoms with Gasteiger partial charge in [-0.15, -0.1) is 11.3 Å². The van der Waals surface area contributed by atoms with Crippen molar-refractivity contribution in [3.05, 3.63) is 21.9 Å². The summed E-state index contributed by atoms with van der Waals surface area (Å²) < 4.78 is 0. The maximum atomic E-state index is 10.2. The lowest BCUT2D eigenvalue weighted by Gasteiger charge is -2.27. The Morgan fingerprint density at radius 2 is 2.00 bits per heavy atom. The first-order chi connectivity index (χ1) is 6.62. The van der Waals surface area contributed by atoms with Crippen LogP contribution < -0.4 is 0 Å². The standard InChI is InChI=1S/C11H16O2S/c1-8-4-5-9(14-8)10(12)11(13)6-2-3-7-11/h4-5,10,12-13H,2-3,6-7H2,1H3. The quantitative estimate of drug-likeness (QED) is 0.790. The van der Waals surface area contributed by atoms with Gasteiger partial charge in [0, 0.05) is 9.75 Å². The van der Waals surface area contributed by atoms with Crippen molar-refractivity contribution in [2.24, 2.45) is 0 Å². The summed E-state index contributed by atoms with van der Waals surface area (Å²) in [6.45, 7) is 2.01. The van der Waals surface area contributed by atoms with Gasteiger partial charge in [0.1, 0.15) is 6.10 Å². The first-order valence-electron chi connectivity index (χ1n) is 5.09. The van der Waals surface area contributed by atoms with Crippen LogP contribution in [0, 0.1) is 6.92 Å². The van der Waals surface area contributed by atoms with Gasteiger partial charge < -0.3 is 10.2 Å². The molecule has 78 valence electrons. The smallest absolute Gasteiger partial charge is 0.117 e. The highest BCUT2D eigenvalue weighted by atomic mass is 32.1. The van der Waals surface area contributed by atoms with E-state index in [2.05, 4.69) is 0 Å². The Morgan fingerprint density at radius 3 is 2.50 bits per heavy atom. The van der Waals surface area contributed by atoms with Crippen molar-refractivity contribution in [1.82, 2.24) is 0 Å². The minimum atomic E-state index is -0.864. The van der Waals surface area contributed by atoms with Crippen LogP contribution in [0.15, 0.2) is 12.1 Å². The van der Waals surface area contributed by atoms with E-state index < -0.39 is 11.7 Å². The van der Waals surface area contributed by atoms with Crippen LogP contribution in [-0.4, -0.2) is 15.8 Å². The summed E-state index contributed by atoms with van der Waals surface area (Å²) in [6.07, 6.45) is 2.81. The van der Waals surface area contributed by atoms with E-state index in [4.69, 9.17) is 0 Å². The number of aliphatic hydroxyl groups excluding tert-OH is 1. The molecule has 0 saturated heterocycles. The van der Waals surface area contributed by atoms with E-state index in [9.17, 15) is 10.2 Å². The van der Waals surface area contributed by atoms with Gasteiger partial charge in [-0.3, -0.25) is 0 Å². The van der Waals surface area contributed by atoms with E-state index in [1.54, 1.807) is 11.3 Å². The predicted molar refractivity (Wildman–Crippen MR) is 57.4 cm³/mol. The van der Waals surface area contributed by atoms with Gasteiger partial charge in [0.25, 0.3) is 0 Å². The van der Waals surface area contributed by atoms with Gasteiger partial charge in [0.15, 0.2) is 0 Å². The highest BCUT2D eigenvalue weighted by molar-refractivity contribution is 7.12. The van der Waals surface area contributed by atoms with Crippen LogP contribution in [0.1, 0.15) is 41.5 Å². The van der Waals surface area contributed by atoms with Gasteiger partial charge in [-0.2, -0.15) is 0 Å². The maximum absolute atomic E-state index is 10.2. The Kier molecular flexibility index (Phi) is 2.64. The molecule has 1 aliphatic carbocycles. The number of aryl methyl sites for hydroxylation is 1. The highest BCUT2D eigenvalue weighted by Gasteiger charge is 2.39. The number of rotatable bonds is 2. The zero-order chi connectivity index (χ0) is 10.2. The van der Waals surface area contributed by atoms with Gasteiger partial charge >= 0.3 is 0 Å². The van der Waals surface area contributed by atoms with Gasteiger partial charge in [0.2, 0.25) is 0 Å². The molecule has 14 heavy (non-hydrogen) atoms. The average Bonchev–Trinajstić information content (AvgIpc) is 2.74. The van der Waals surface area contributed by atoms with Crippen LogP contribution >= 0.6 is 11.3 Å². The van der Waals surface area contributed by atoms with Crippen LogP contribution in [0.3, 0.4) is 0 Å². The molecule has 1 heterocycles. The summed E-state index contributed by atoms with van der Waals surface area (Å²) in [5, 5.41) is 20.2. The van der Waals surface area contributed by atoms with E-state index >= 15 is 0 Å². The summed E-state index contributed by atoms with van der Waals surface area (Å²) in [5.74, 6) is 0. The molecule has 0 spiro atoms. The van der Waals surface area contributed by atoms with Crippen LogP contribution in [0.2, 0.25) is 0 Å². The van der Waals surface area contributed by atoms with E-state index in [0.29, 0.717) is 0 Å². The van der Waals surface area contributed by atoms with Crippen molar-refractivity contribution in [2.75, 3.05) is 0 Å². The molecule has 1 saturated carbocycles. The third-order valence-electron chi connectivity index (χ3n) is 3.01. The second kappa shape index (κ2) is 3.65. The molecule has 0 aliphatic heterocycles. The Morgan fingerprint density at radius 1 is 1.36 bits per heavy atom. The molecule has 0 amide bonds. The van der Waals surface area contributed by atoms with Crippen molar-refractivity contribution in [2.45, 2.75) is 44.3 Å². The fourth-order valence-corrected chi connectivity index (χ4v) is 3.10. The zero-order valence-corrected chi connectivity index (χ0v) is 9.18. The molecule has 1 aromatic rings. The Balaban J connectivity index is 2.18. The largest absolute Gasteiger partial charge is 0.387 e. The van der Waals surface area contributed by atoms with Crippen molar-refractivity contribution in [3.63, 3.8) is 0 Å². The highest BCUT2D eigenvalue weighted by Crippen LogP contribution is 2.41. The molecule has 0 bridgehead atoms. The number of hydrogen-bond donors (Lipinski definition) is 2. The molecule has 1 atom stereocenters. The topological polar surface area (TPSA) is 40.5 Å². The summed E-state index contributed by atoms with van der Waals surface area (Å²) in [5.41, 5.74) is -0.864. The fraction of sp³-hybridized carbons (Fsp3) is 0.636. The van der Waals surface area contributed by atoms with Gasteiger partial charge in [0.05, 0.1) is 5.60 Å². The predicted octanol–water partition coefficient (Wildman–Crippen LogP) is 2.40. The van der Waals surface area contributed by atoms with Crippen LogP contribution in [0.4, 0.5) is 0 Å². The summed E-state index contributed by atoms with van der Waals surface area (Å²) in [6, 6.07) is 3.91. The fourth-order valence-electron chi connectivity index (χ4n) is 2.13. The van der Waals surface area contributed by atoms with E-state index in [-0.39, 0.29) is 0 Å². The summed E-state index contributed by atoms with van der Waals surface area (Å²) in [4.78, 5) is 2.08. The lowest BCUT2D eigenvalue weighted by atomic mass is 9.94. The van der Waals surface area contributed by atoms with E-state index in [0.717, 1.165) is 30.6 Å².